The van der Waals surface area contributed by atoms with E-state index in [9.17, 15) is 14.4 Å². The third-order valence-electron chi connectivity index (χ3n) is 4.15. The van der Waals surface area contributed by atoms with Crippen LogP contribution in [0.4, 0.5) is 0 Å². The fourth-order valence-corrected chi connectivity index (χ4v) is 3.03. The van der Waals surface area contributed by atoms with E-state index in [2.05, 4.69) is 32.1 Å². The molecule has 1 aliphatic carbocycles. The Morgan fingerprint density at radius 2 is 1.83 bits per heavy atom. The van der Waals surface area contributed by atoms with Gasteiger partial charge in [-0.2, -0.15) is 0 Å². The van der Waals surface area contributed by atoms with Gasteiger partial charge in [0.15, 0.2) is 0 Å². The minimum absolute atomic E-state index is 0.00560. The number of rotatable bonds is 4. The SMILES string of the molecule is Cc1ccc(C(=O)NNC(=O)CNC(=O)C2CCCCC2)cc1Br. The Morgan fingerprint density at radius 3 is 2.50 bits per heavy atom. The highest BCUT2D eigenvalue weighted by atomic mass is 79.9. The van der Waals surface area contributed by atoms with Gasteiger partial charge in [-0.3, -0.25) is 25.2 Å². The molecule has 6 nitrogen and oxygen atoms in total. The van der Waals surface area contributed by atoms with Gasteiger partial charge in [0, 0.05) is 16.0 Å². The highest BCUT2D eigenvalue weighted by Gasteiger charge is 2.21. The normalized spacial score (nSPS) is 14.8. The molecule has 0 bridgehead atoms. The lowest BCUT2D eigenvalue weighted by Gasteiger charge is -2.20. The second kappa shape index (κ2) is 8.82. The van der Waals surface area contributed by atoms with Gasteiger partial charge >= 0.3 is 0 Å². The number of halogens is 1. The molecule has 1 aromatic rings. The molecule has 0 unspecified atom stereocenters. The van der Waals surface area contributed by atoms with E-state index in [0.29, 0.717) is 5.56 Å². The number of amides is 3. The van der Waals surface area contributed by atoms with Gasteiger partial charge in [0.2, 0.25) is 5.91 Å². The molecule has 1 aliphatic rings. The van der Waals surface area contributed by atoms with Crippen molar-refractivity contribution in [2.45, 2.75) is 39.0 Å². The molecule has 0 aliphatic heterocycles. The van der Waals surface area contributed by atoms with E-state index in [4.69, 9.17) is 0 Å². The Balaban J connectivity index is 1.73. The molecular weight excluding hydrogens is 374 g/mol. The van der Waals surface area contributed by atoms with Crippen LogP contribution >= 0.6 is 15.9 Å². The lowest BCUT2D eigenvalue weighted by atomic mass is 9.89. The van der Waals surface area contributed by atoms with Crippen molar-refractivity contribution in [2.24, 2.45) is 5.92 Å². The highest BCUT2D eigenvalue weighted by Crippen LogP contribution is 2.23. The van der Waals surface area contributed by atoms with Crippen molar-refractivity contribution in [1.29, 1.82) is 0 Å². The van der Waals surface area contributed by atoms with Gasteiger partial charge in [-0.1, -0.05) is 41.3 Å². The molecule has 1 aromatic carbocycles. The molecule has 0 radical (unpaired) electrons. The third-order valence-corrected chi connectivity index (χ3v) is 5.00. The van der Waals surface area contributed by atoms with Crippen LogP contribution in [0.1, 0.15) is 48.0 Å². The van der Waals surface area contributed by atoms with Crippen molar-refractivity contribution in [2.75, 3.05) is 6.54 Å². The van der Waals surface area contributed by atoms with Crippen molar-refractivity contribution < 1.29 is 14.4 Å². The van der Waals surface area contributed by atoms with E-state index in [1.165, 1.54) is 6.42 Å². The average Bonchev–Trinajstić information content (AvgIpc) is 2.60. The molecule has 0 saturated heterocycles. The molecule has 0 spiro atoms. The predicted octanol–water partition coefficient (Wildman–Crippen LogP) is 2.22. The van der Waals surface area contributed by atoms with E-state index >= 15 is 0 Å². The smallest absolute Gasteiger partial charge is 0.269 e. The Hall–Kier alpha value is -1.89. The molecule has 0 heterocycles. The van der Waals surface area contributed by atoms with Crippen LogP contribution in [0.5, 0.6) is 0 Å². The third kappa shape index (κ3) is 5.33. The standard InChI is InChI=1S/C17H22BrN3O3/c1-11-7-8-13(9-14(11)18)17(24)21-20-15(22)10-19-16(23)12-5-3-2-4-6-12/h7-9,12H,2-6,10H2,1H3,(H,19,23)(H,20,22)(H,21,24). The molecule has 7 heteroatoms. The number of hydrazine groups is 1. The average molecular weight is 396 g/mol. The summed E-state index contributed by atoms with van der Waals surface area (Å²) in [5.74, 6) is -0.953. The number of aryl methyl sites for hydroxylation is 1. The quantitative estimate of drug-likeness (QED) is 0.682. The van der Waals surface area contributed by atoms with E-state index in [1.54, 1.807) is 12.1 Å². The van der Waals surface area contributed by atoms with Gasteiger partial charge in [-0.25, -0.2) is 0 Å². The first-order valence-corrected chi connectivity index (χ1v) is 8.89. The molecule has 130 valence electrons. The summed E-state index contributed by atoms with van der Waals surface area (Å²) in [4.78, 5) is 35.6. The van der Waals surface area contributed by atoms with Crippen LogP contribution in [0.3, 0.4) is 0 Å². The number of hydrogen-bond donors (Lipinski definition) is 3. The highest BCUT2D eigenvalue weighted by molar-refractivity contribution is 9.10. The summed E-state index contributed by atoms with van der Waals surface area (Å²) in [6, 6.07) is 5.17. The van der Waals surface area contributed by atoms with Crippen LogP contribution in [0.25, 0.3) is 0 Å². The first kappa shape index (κ1) is 18.4. The summed E-state index contributed by atoms with van der Waals surface area (Å²) in [7, 11) is 0. The predicted molar refractivity (Wildman–Crippen MR) is 94.1 cm³/mol. The van der Waals surface area contributed by atoms with Crippen molar-refractivity contribution in [1.82, 2.24) is 16.2 Å². The second-order valence-electron chi connectivity index (χ2n) is 6.02. The van der Waals surface area contributed by atoms with Crippen molar-refractivity contribution >= 4 is 33.7 Å². The first-order chi connectivity index (χ1) is 11.5. The zero-order valence-corrected chi connectivity index (χ0v) is 15.2. The topological polar surface area (TPSA) is 87.3 Å². The summed E-state index contributed by atoms with van der Waals surface area (Å²) in [5.41, 5.74) is 6.09. The van der Waals surface area contributed by atoms with E-state index in [1.807, 2.05) is 13.0 Å². The maximum absolute atomic E-state index is 12.0. The lowest BCUT2D eigenvalue weighted by molar-refractivity contribution is -0.129. The monoisotopic (exact) mass is 395 g/mol. The molecule has 1 saturated carbocycles. The molecule has 0 atom stereocenters. The molecule has 3 amide bonds. The maximum Gasteiger partial charge on any atom is 0.269 e. The summed E-state index contributed by atoms with van der Waals surface area (Å²) in [5, 5.41) is 2.62. The largest absolute Gasteiger partial charge is 0.347 e. The Morgan fingerprint density at radius 1 is 1.12 bits per heavy atom. The zero-order valence-electron chi connectivity index (χ0n) is 13.7. The van der Waals surface area contributed by atoms with Gasteiger partial charge < -0.3 is 5.32 Å². The Labute approximate surface area is 149 Å². The van der Waals surface area contributed by atoms with Crippen molar-refractivity contribution in [3.8, 4) is 0 Å². The van der Waals surface area contributed by atoms with Crippen LogP contribution < -0.4 is 16.2 Å². The van der Waals surface area contributed by atoms with Crippen molar-refractivity contribution in [3.63, 3.8) is 0 Å². The minimum atomic E-state index is -0.460. The first-order valence-electron chi connectivity index (χ1n) is 8.10. The van der Waals surface area contributed by atoms with Crippen molar-refractivity contribution in [3.05, 3.63) is 33.8 Å². The minimum Gasteiger partial charge on any atom is -0.347 e. The summed E-state index contributed by atoms with van der Waals surface area (Å²) >= 11 is 3.36. The molecule has 24 heavy (non-hydrogen) atoms. The van der Waals surface area contributed by atoms with Crippen LogP contribution in [-0.2, 0) is 9.59 Å². The number of carbonyl (C=O) groups excluding carboxylic acids is 3. The van der Waals surface area contributed by atoms with Crippen LogP contribution in [0.15, 0.2) is 22.7 Å². The molecular formula is C17H22BrN3O3. The molecule has 3 N–H and O–H groups in total. The maximum atomic E-state index is 12.0. The fourth-order valence-electron chi connectivity index (χ4n) is 2.65. The van der Waals surface area contributed by atoms with E-state index in [-0.39, 0.29) is 18.4 Å². The summed E-state index contributed by atoms with van der Waals surface area (Å²) < 4.78 is 0.821. The van der Waals surface area contributed by atoms with Crippen LogP contribution in [0, 0.1) is 12.8 Å². The van der Waals surface area contributed by atoms with Crippen LogP contribution in [-0.4, -0.2) is 24.3 Å². The summed E-state index contributed by atoms with van der Waals surface area (Å²) in [6.45, 7) is 1.77. The fraction of sp³-hybridized carbons (Fsp3) is 0.471. The van der Waals surface area contributed by atoms with Gasteiger partial charge in [0.05, 0.1) is 6.54 Å². The van der Waals surface area contributed by atoms with Crippen LogP contribution in [0.2, 0.25) is 0 Å². The molecule has 1 fully saturated rings. The lowest BCUT2D eigenvalue weighted by Crippen LogP contribution is -2.47. The number of nitrogens with one attached hydrogen (secondary N) is 3. The Bertz CT molecular complexity index is 628. The van der Waals surface area contributed by atoms with E-state index in [0.717, 1.165) is 35.7 Å². The zero-order chi connectivity index (χ0) is 17.5. The van der Waals surface area contributed by atoms with Gasteiger partial charge in [-0.05, 0) is 37.5 Å². The molecule has 0 aromatic heterocycles. The van der Waals surface area contributed by atoms with Gasteiger partial charge in [0.1, 0.15) is 0 Å². The Kier molecular flexibility index (Phi) is 6.78. The number of benzene rings is 1. The van der Waals surface area contributed by atoms with Gasteiger partial charge in [-0.15, -0.1) is 0 Å². The number of carbonyl (C=O) groups is 3. The molecule has 2 rings (SSSR count). The van der Waals surface area contributed by atoms with E-state index < -0.39 is 11.8 Å². The second-order valence-corrected chi connectivity index (χ2v) is 6.87. The summed E-state index contributed by atoms with van der Waals surface area (Å²) in [6.07, 6.45) is 5.06. The number of hydrogen-bond acceptors (Lipinski definition) is 3. The van der Waals surface area contributed by atoms with Gasteiger partial charge in [0.25, 0.3) is 11.8 Å².